The molecule has 3 aromatic rings. The molecule has 0 heterocycles. The van der Waals surface area contributed by atoms with Crippen molar-refractivity contribution >= 4 is 17.5 Å². The molecular weight excluding hydrogens is 365 g/mol. The van der Waals surface area contributed by atoms with E-state index in [4.69, 9.17) is 11.6 Å². The van der Waals surface area contributed by atoms with Gasteiger partial charge >= 0.3 is 0 Å². The van der Waals surface area contributed by atoms with Crippen molar-refractivity contribution in [2.24, 2.45) is 0 Å². The summed E-state index contributed by atoms with van der Waals surface area (Å²) in [5, 5.41) is 13.3. The molecule has 1 unspecified atom stereocenters. The molecule has 3 nitrogen and oxygen atoms in total. The predicted octanol–water partition coefficient (Wildman–Crippen LogP) is 4.78. The van der Waals surface area contributed by atoms with E-state index >= 15 is 0 Å². The molecule has 0 aliphatic carbocycles. The number of rotatable bonds is 5. The highest BCUT2D eigenvalue weighted by Crippen LogP contribution is 2.25. The lowest BCUT2D eigenvalue weighted by atomic mass is 9.93. The largest absolute Gasteiger partial charge is 0.384 e. The molecule has 3 aromatic carbocycles. The summed E-state index contributed by atoms with van der Waals surface area (Å²) in [6.07, 6.45) is 0. The second-order valence-corrected chi connectivity index (χ2v) is 6.90. The highest BCUT2D eigenvalue weighted by atomic mass is 35.5. The van der Waals surface area contributed by atoms with Crippen molar-refractivity contribution in [2.75, 3.05) is 6.54 Å². The van der Waals surface area contributed by atoms with E-state index in [1.54, 1.807) is 6.92 Å². The van der Waals surface area contributed by atoms with E-state index in [0.29, 0.717) is 5.56 Å². The lowest BCUT2D eigenvalue weighted by Crippen LogP contribution is -2.39. The van der Waals surface area contributed by atoms with Crippen molar-refractivity contribution in [2.45, 2.75) is 12.5 Å². The molecule has 2 N–H and O–H groups in total. The van der Waals surface area contributed by atoms with Gasteiger partial charge in [-0.05, 0) is 35.7 Å². The van der Waals surface area contributed by atoms with Crippen LogP contribution >= 0.6 is 11.6 Å². The Morgan fingerprint density at radius 1 is 1.00 bits per heavy atom. The number of benzene rings is 3. The standard InChI is InChI=1S/C22H19ClFNO2/c1-22(27,14-25-21(26)20-18(23)8-5-9-19(20)24)17-12-10-16(11-13-17)15-6-3-2-4-7-15/h2-13,27H,14H2,1H3,(H,25,26). The van der Waals surface area contributed by atoms with Crippen LogP contribution in [-0.2, 0) is 5.60 Å². The Labute approximate surface area is 162 Å². The third-order valence-electron chi connectivity index (χ3n) is 4.40. The summed E-state index contributed by atoms with van der Waals surface area (Å²) in [7, 11) is 0. The van der Waals surface area contributed by atoms with Crippen LogP contribution in [0.1, 0.15) is 22.8 Å². The molecule has 0 fully saturated rings. The molecule has 138 valence electrons. The molecule has 1 amide bonds. The minimum absolute atomic E-state index is 0.0272. The van der Waals surface area contributed by atoms with Crippen LogP contribution in [0.3, 0.4) is 0 Å². The quantitative estimate of drug-likeness (QED) is 0.666. The zero-order chi connectivity index (χ0) is 19.4. The average molecular weight is 384 g/mol. The summed E-state index contributed by atoms with van der Waals surface area (Å²) in [5.41, 5.74) is 1.20. The van der Waals surface area contributed by atoms with Crippen molar-refractivity contribution in [1.82, 2.24) is 5.32 Å². The highest BCUT2D eigenvalue weighted by molar-refractivity contribution is 6.33. The highest BCUT2D eigenvalue weighted by Gasteiger charge is 2.25. The SMILES string of the molecule is CC(O)(CNC(=O)c1c(F)cccc1Cl)c1ccc(-c2ccccc2)cc1. The van der Waals surface area contributed by atoms with E-state index in [1.165, 1.54) is 18.2 Å². The summed E-state index contributed by atoms with van der Waals surface area (Å²) >= 11 is 5.90. The van der Waals surface area contributed by atoms with E-state index in [-0.39, 0.29) is 17.1 Å². The molecule has 0 spiro atoms. The van der Waals surface area contributed by atoms with E-state index in [1.807, 2.05) is 54.6 Å². The average Bonchev–Trinajstić information content (AvgIpc) is 2.67. The van der Waals surface area contributed by atoms with Crippen molar-refractivity contribution in [3.05, 3.63) is 94.8 Å². The summed E-state index contributed by atoms with van der Waals surface area (Å²) in [5.74, 6) is -1.37. The third-order valence-corrected chi connectivity index (χ3v) is 4.71. The van der Waals surface area contributed by atoms with Crippen LogP contribution in [0, 0.1) is 5.82 Å². The van der Waals surface area contributed by atoms with E-state index in [9.17, 15) is 14.3 Å². The molecule has 0 aliphatic rings. The number of carbonyl (C=O) groups excluding carboxylic acids is 1. The number of amides is 1. The first-order valence-electron chi connectivity index (χ1n) is 8.49. The Morgan fingerprint density at radius 3 is 2.26 bits per heavy atom. The minimum Gasteiger partial charge on any atom is -0.384 e. The molecule has 1 atom stereocenters. The Morgan fingerprint density at radius 2 is 1.63 bits per heavy atom. The normalized spacial score (nSPS) is 13.0. The van der Waals surface area contributed by atoms with Crippen LogP contribution in [0.15, 0.2) is 72.8 Å². The monoisotopic (exact) mass is 383 g/mol. The van der Waals surface area contributed by atoms with Gasteiger partial charge in [-0.1, -0.05) is 72.3 Å². The summed E-state index contributed by atoms with van der Waals surface area (Å²) in [6.45, 7) is 1.51. The minimum atomic E-state index is -1.32. The number of aliphatic hydroxyl groups is 1. The lowest BCUT2D eigenvalue weighted by molar-refractivity contribution is 0.0525. The molecule has 0 saturated carbocycles. The topological polar surface area (TPSA) is 49.3 Å². The Hall–Kier alpha value is -2.69. The van der Waals surface area contributed by atoms with Crippen molar-refractivity contribution in [3.8, 4) is 11.1 Å². The van der Waals surface area contributed by atoms with Crippen molar-refractivity contribution in [1.29, 1.82) is 0 Å². The molecule has 27 heavy (non-hydrogen) atoms. The Balaban J connectivity index is 1.72. The van der Waals surface area contributed by atoms with E-state index in [0.717, 1.165) is 11.1 Å². The molecule has 0 aliphatic heterocycles. The smallest absolute Gasteiger partial charge is 0.255 e. The van der Waals surface area contributed by atoms with Crippen LogP contribution in [0.25, 0.3) is 11.1 Å². The zero-order valence-corrected chi connectivity index (χ0v) is 15.5. The first-order valence-corrected chi connectivity index (χ1v) is 8.87. The third kappa shape index (κ3) is 4.35. The number of hydrogen-bond donors (Lipinski definition) is 2. The van der Waals surface area contributed by atoms with Gasteiger partial charge in [-0.3, -0.25) is 4.79 Å². The van der Waals surface area contributed by atoms with Crippen molar-refractivity contribution in [3.63, 3.8) is 0 Å². The fraction of sp³-hybridized carbons (Fsp3) is 0.136. The number of carbonyl (C=O) groups is 1. The van der Waals surface area contributed by atoms with Gasteiger partial charge < -0.3 is 10.4 Å². The Kier molecular flexibility index (Phi) is 5.59. The van der Waals surface area contributed by atoms with Crippen LogP contribution in [0.5, 0.6) is 0 Å². The van der Waals surface area contributed by atoms with Crippen LogP contribution < -0.4 is 5.32 Å². The molecule has 0 bridgehead atoms. The summed E-state index contributed by atoms with van der Waals surface area (Å²) in [6, 6.07) is 21.4. The van der Waals surface area contributed by atoms with Gasteiger partial charge in [0.1, 0.15) is 11.4 Å². The first-order chi connectivity index (χ1) is 12.9. The van der Waals surface area contributed by atoms with E-state index < -0.39 is 17.3 Å². The van der Waals surface area contributed by atoms with Crippen LogP contribution in [0.4, 0.5) is 4.39 Å². The lowest BCUT2D eigenvalue weighted by Gasteiger charge is -2.24. The zero-order valence-electron chi connectivity index (χ0n) is 14.7. The molecular formula is C22H19ClFNO2. The number of halogens is 2. The second kappa shape index (κ2) is 7.91. The molecule has 3 rings (SSSR count). The fourth-order valence-electron chi connectivity index (χ4n) is 2.81. The van der Waals surface area contributed by atoms with Gasteiger partial charge in [0.2, 0.25) is 0 Å². The van der Waals surface area contributed by atoms with Gasteiger partial charge in [-0.2, -0.15) is 0 Å². The number of hydrogen-bond acceptors (Lipinski definition) is 2. The van der Waals surface area contributed by atoms with Crippen LogP contribution in [-0.4, -0.2) is 17.6 Å². The first kappa shape index (κ1) is 19.1. The maximum absolute atomic E-state index is 13.8. The molecule has 0 aromatic heterocycles. The fourth-order valence-corrected chi connectivity index (χ4v) is 3.06. The van der Waals surface area contributed by atoms with Gasteiger partial charge in [0.05, 0.1) is 17.1 Å². The van der Waals surface area contributed by atoms with Gasteiger partial charge in [-0.25, -0.2) is 4.39 Å². The van der Waals surface area contributed by atoms with Crippen LogP contribution in [0.2, 0.25) is 5.02 Å². The predicted molar refractivity (Wildman–Crippen MR) is 105 cm³/mol. The van der Waals surface area contributed by atoms with Gasteiger partial charge in [0, 0.05) is 0 Å². The summed E-state index contributed by atoms with van der Waals surface area (Å²) < 4.78 is 13.8. The maximum Gasteiger partial charge on any atom is 0.255 e. The van der Waals surface area contributed by atoms with Gasteiger partial charge in [0.25, 0.3) is 5.91 Å². The van der Waals surface area contributed by atoms with Gasteiger partial charge in [-0.15, -0.1) is 0 Å². The molecule has 0 radical (unpaired) electrons. The van der Waals surface area contributed by atoms with Crippen molar-refractivity contribution < 1.29 is 14.3 Å². The maximum atomic E-state index is 13.8. The molecule has 5 heteroatoms. The Bertz CT molecular complexity index is 920. The molecule has 0 saturated heterocycles. The number of nitrogens with one attached hydrogen (secondary N) is 1. The van der Waals surface area contributed by atoms with Gasteiger partial charge in [0.15, 0.2) is 0 Å². The summed E-state index contributed by atoms with van der Waals surface area (Å²) in [4.78, 5) is 12.3. The van der Waals surface area contributed by atoms with E-state index in [2.05, 4.69) is 5.32 Å². The second-order valence-electron chi connectivity index (χ2n) is 6.50.